The number of hydrogen-bond donors (Lipinski definition) is 0. The topological polar surface area (TPSA) is 43.6 Å². The Hall–Kier alpha value is -2.92. The van der Waals surface area contributed by atoms with Crippen LogP contribution in [0.25, 0.3) is 16.2 Å². The average Bonchev–Trinajstić information content (AvgIpc) is 3.28. The van der Waals surface area contributed by atoms with Gasteiger partial charge in [-0.05, 0) is 35.2 Å². The van der Waals surface area contributed by atoms with Crippen molar-refractivity contribution in [2.75, 3.05) is 0 Å². The number of fused-ring (bicyclic) bond motifs is 1. The Morgan fingerprint density at radius 3 is 2.74 bits per heavy atom. The van der Waals surface area contributed by atoms with Crippen molar-refractivity contribution < 1.29 is 9.53 Å². The molecule has 4 aromatic rings. The van der Waals surface area contributed by atoms with Crippen LogP contribution in [0.15, 0.2) is 60.1 Å². The number of rotatable bonds is 6. The van der Waals surface area contributed by atoms with E-state index < -0.39 is 0 Å². The van der Waals surface area contributed by atoms with Gasteiger partial charge in [0.15, 0.2) is 11.2 Å². The van der Waals surface area contributed by atoms with E-state index in [0.29, 0.717) is 23.9 Å². The van der Waals surface area contributed by atoms with Crippen LogP contribution in [0, 0.1) is 0 Å². The molecule has 0 spiro atoms. The van der Waals surface area contributed by atoms with Gasteiger partial charge in [0.05, 0.1) is 0 Å². The smallest absolute Gasteiger partial charge is 0.194 e. The lowest BCUT2D eigenvalue weighted by molar-refractivity contribution is 0.111. The maximum atomic E-state index is 11.6. The highest BCUT2D eigenvalue weighted by Gasteiger charge is 2.17. The summed E-state index contributed by atoms with van der Waals surface area (Å²) in [5.74, 6) is 1.16. The van der Waals surface area contributed by atoms with Gasteiger partial charge in [0.2, 0.25) is 0 Å². The minimum absolute atomic E-state index is 0.291. The summed E-state index contributed by atoms with van der Waals surface area (Å²) in [6, 6.07) is 16.2. The van der Waals surface area contributed by atoms with Crippen LogP contribution in [0.4, 0.5) is 0 Å². The van der Waals surface area contributed by atoms with Crippen LogP contribution >= 0.6 is 11.3 Å². The van der Waals surface area contributed by atoms with Crippen molar-refractivity contribution in [2.24, 2.45) is 0 Å². The Morgan fingerprint density at radius 1 is 1.19 bits per heavy atom. The molecule has 0 bridgehead atoms. The summed E-state index contributed by atoms with van der Waals surface area (Å²) >= 11 is 1.52. The predicted octanol–water partition coefficient (Wildman–Crippen LogP) is 5.58. The molecule has 0 atom stereocenters. The van der Waals surface area contributed by atoms with Crippen molar-refractivity contribution in [1.29, 1.82) is 0 Å². The Kier molecular flexibility index (Phi) is 4.77. The van der Waals surface area contributed by atoms with E-state index in [1.54, 1.807) is 0 Å². The van der Waals surface area contributed by atoms with Crippen molar-refractivity contribution in [2.45, 2.75) is 26.4 Å². The van der Waals surface area contributed by atoms with Crippen LogP contribution in [0.3, 0.4) is 0 Å². The lowest BCUT2D eigenvalue weighted by Gasteiger charge is -2.15. The number of hydrogen-bond acceptors (Lipinski definition) is 4. The first-order valence-electron chi connectivity index (χ1n) is 8.89. The average molecular weight is 376 g/mol. The molecule has 0 aliphatic carbocycles. The molecule has 136 valence electrons. The Balaban J connectivity index is 1.69. The highest BCUT2D eigenvalue weighted by Crippen LogP contribution is 2.33. The van der Waals surface area contributed by atoms with Crippen molar-refractivity contribution >= 4 is 22.6 Å². The van der Waals surface area contributed by atoms with Gasteiger partial charge in [-0.1, -0.05) is 44.2 Å². The zero-order chi connectivity index (χ0) is 18.8. The number of benzene rings is 2. The largest absolute Gasteiger partial charge is 0.489 e. The van der Waals surface area contributed by atoms with E-state index in [1.165, 1.54) is 11.3 Å². The summed E-state index contributed by atoms with van der Waals surface area (Å²) in [6.45, 7) is 4.81. The van der Waals surface area contributed by atoms with Crippen molar-refractivity contribution in [3.63, 3.8) is 0 Å². The molecule has 2 aromatic carbocycles. The van der Waals surface area contributed by atoms with Crippen LogP contribution in [-0.4, -0.2) is 15.7 Å². The fourth-order valence-electron chi connectivity index (χ4n) is 3.14. The Morgan fingerprint density at radius 2 is 2.00 bits per heavy atom. The van der Waals surface area contributed by atoms with E-state index in [-0.39, 0.29) is 0 Å². The third-order valence-electron chi connectivity index (χ3n) is 4.55. The van der Waals surface area contributed by atoms with Crippen molar-refractivity contribution in [3.05, 3.63) is 76.9 Å². The lowest BCUT2D eigenvalue weighted by atomic mass is 9.98. The standard InChI is InChI=1S/C22H20N2O2S/c1-15(2)18-12-17(21-19(13-25)24-10-11-27-22(24)23-21)8-9-20(18)26-14-16-6-4-3-5-7-16/h3-13,15H,14H2,1-2H3. The van der Waals surface area contributed by atoms with E-state index >= 15 is 0 Å². The summed E-state index contributed by atoms with van der Waals surface area (Å²) < 4.78 is 7.92. The van der Waals surface area contributed by atoms with Gasteiger partial charge in [-0.2, -0.15) is 0 Å². The summed E-state index contributed by atoms with van der Waals surface area (Å²) in [6.07, 6.45) is 2.75. The molecule has 0 fully saturated rings. The fraction of sp³-hybridized carbons (Fsp3) is 0.182. The molecule has 4 nitrogen and oxygen atoms in total. The number of aldehydes is 1. The lowest BCUT2D eigenvalue weighted by Crippen LogP contribution is -2.00. The molecule has 5 heteroatoms. The SMILES string of the molecule is CC(C)c1cc(-c2nc3sccn3c2C=O)ccc1OCc1ccccc1. The van der Waals surface area contributed by atoms with Crippen LogP contribution in [0.2, 0.25) is 0 Å². The molecule has 2 aromatic heterocycles. The number of carbonyl (C=O) groups is 1. The molecular formula is C22H20N2O2S. The third-order valence-corrected chi connectivity index (χ3v) is 5.31. The first kappa shape index (κ1) is 17.5. The van der Waals surface area contributed by atoms with Crippen LogP contribution in [-0.2, 0) is 6.61 Å². The van der Waals surface area contributed by atoms with Gasteiger partial charge in [-0.3, -0.25) is 9.20 Å². The van der Waals surface area contributed by atoms with Gasteiger partial charge < -0.3 is 4.74 Å². The van der Waals surface area contributed by atoms with E-state index in [0.717, 1.165) is 33.7 Å². The molecule has 0 aliphatic heterocycles. The van der Waals surface area contributed by atoms with Gasteiger partial charge in [0.1, 0.15) is 23.7 Å². The van der Waals surface area contributed by atoms with E-state index in [9.17, 15) is 4.79 Å². The second kappa shape index (κ2) is 7.37. The Bertz CT molecular complexity index is 1080. The first-order chi connectivity index (χ1) is 13.2. The minimum Gasteiger partial charge on any atom is -0.489 e. The van der Waals surface area contributed by atoms with E-state index in [2.05, 4.69) is 37.0 Å². The van der Waals surface area contributed by atoms with Crippen LogP contribution in [0.1, 0.15) is 41.4 Å². The van der Waals surface area contributed by atoms with Crippen LogP contribution in [0.5, 0.6) is 5.75 Å². The molecule has 0 unspecified atom stereocenters. The molecular weight excluding hydrogens is 356 g/mol. The third kappa shape index (κ3) is 3.38. The first-order valence-corrected chi connectivity index (χ1v) is 9.77. The number of aromatic nitrogens is 2. The number of ether oxygens (including phenoxy) is 1. The summed E-state index contributed by atoms with van der Waals surface area (Å²) in [4.78, 5) is 17.1. The maximum Gasteiger partial charge on any atom is 0.194 e. The molecule has 0 saturated carbocycles. The van der Waals surface area contributed by atoms with Gasteiger partial charge >= 0.3 is 0 Å². The molecule has 0 amide bonds. The molecule has 0 N–H and O–H groups in total. The predicted molar refractivity (Wildman–Crippen MR) is 109 cm³/mol. The van der Waals surface area contributed by atoms with Gasteiger partial charge in [0.25, 0.3) is 0 Å². The minimum atomic E-state index is 0.291. The summed E-state index contributed by atoms with van der Waals surface area (Å²) in [5, 5.41) is 1.93. The number of thiazole rings is 1. The normalized spacial score (nSPS) is 11.2. The molecule has 2 heterocycles. The fourth-order valence-corrected chi connectivity index (χ4v) is 3.86. The molecule has 0 saturated heterocycles. The molecule has 0 aliphatic rings. The second-order valence-electron chi connectivity index (χ2n) is 6.70. The number of imidazole rings is 1. The zero-order valence-corrected chi connectivity index (χ0v) is 16.1. The monoisotopic (exact) mass is 376 g/mol. The highest BCUT2D eigenvalue weighted by atomic mass is 32.1. The molecule has 0 radical (unpaired) electrons. The summed E-state index contributed by atoms with van der Waals surface area (Å²) in [7, 11) is 0. The van der Waals surface area contributed by atoms with Gasteiger partial charge in [-0.25, -0.2) is 4.98 Å². The van der Waals surface area contributed by atoms with Gasteiger partial charge in [-0.15, -0.1) is 11.3 Å². The zero-order valence-electron chi connectivity index (χ0n) is 15.3. The maximum absolute atomic E-state index is 11.6. The number of carbonyl (C=O) groups excluding carboxylic acids is 1. The quantitative estimate of drug-likeness (QED) is 0.413. The van der Waals surface area contributed by atoms with Crippen LogP contribution < -0.4 is 4.74 Å². The second-order valence-corrected chi connectivity index (χ2v) is 7.57. The van der Waals surface area contributed by atoms with E-state index in [4.69, 9.17) is 4.74 Å². The summed E-state index contributed by atoms with van der Waals surface area (Å²) in [5.41, 5.74) is 4.47. The van der Waals surface area contributed by atoms with Gasteiger partial charge in [0, 0.05) is 17.1 Å². The van der Waals surface area contributed by atoms with Crippen molar-refractivity contribution in [1.82, 2.24) is 9.38 Å². The number of nitrogens with zero attached hydrogens (tertiary/aromatic N) is 2. The highest BCUT2D eigenvalue weighted by molar-refractivity contribution is 7.15. The molecule has 27 heavy (non-hydrogen) atoms. The van der Waals surface area contributed by atoms with Crippen molar-refractivity contribution in [3.8, 4) is 17.0 Å². The molecule has 4 rings (SSSR count). The Labute approximate surface area is 162 Å². The van der Waals surface area contributed by atoms with E-state index in [1.807, 2.05) is 46.3 Å².